The minimum atomic E-state index is -0.776. The molecule has 1 aromatic heterocycles. The molecule has 0 saturated heterocycles. The smallest absolute Gasteiger partial charge is 0.340 e. The number of aromatic nitrogens is 4. The number of hydrogen-bond acceptors (Lipinski definition) is 5. The average molecular weight is 333 g/mol. The lowest BCUT2D eigenvalue weighted by Crippen LogP contribution is -2.11. The zero-order valence-corrected chi connectivity index (χ0v) is 12.5. The first kappa shape index (κ1) is 15.7. The van der Waals surface area contributed by atoms with Gasteiger partial charge in [-0.1, -0.05) is 30.1 Å². The van der Waals surface area contributed by atoms with Crippen LogP contribution < -0.4 is 0 Å². The molecule has 9 heteroatoms. The first-order valence-electron chi connectivity index (χ1n) is 6.09. The highest BCUT2D eigenvalue weighted by atomic mass is 35.5. The Hall–Kier alpha value is -1.73. The Labute approximate surface area is 129 Å². The van der Waals surface area contributed by atoms with Crippen LogP contribution >= 0.6 is 23.2 Å². The van der Waals surface area contributed by atoms with Crippen molar-refractivity contribution in [3.8, 4) is 0 Å². The van der Waals surface area contributed by atoms with Crippen LogP contribution in [0.4, 0.5) is 4.39 Å². The molecule has 21 heavy (non-hydrogen) atoms. The summed E-state index contributed by atoms with van der Waals surface area (Å²) in [6.07, 6.45) is 0.834. The van der Waals surface area contributed by atoms with E-state index in [2.05, 4.69) is 15.5 Å². The topological polar surface area (TPSA) is 69.9 Å². The minimum absolute atomic E-state index is 0.0135. The monoisotopic (exact) mass is 332 g/mol. The lowest BCUT2D eigenvalue weighted by molar-refractivity contribution is 0.0456. The first-order chi connectivity index (χ1) is 10.0. The van der Waals surface area contributed by atoms with Gasteiger partial charge in [0.1, 0.15) is 5.82 Å². The number of carbonyl (C=O) groups excluding carboxylic acids is 1. The van der Waals surface area contributed by atoms with Gasteiger partial charge in [-0.05, 0) is 29.0 Å². The van der Waals surface area contributed by atoms with Crippen molar-refractivity contribution in [2.24, 2.45) is 0 Å². The van der Waals surface area contributed by atoms with Crippen LogP contribution in [0.25, 0.3) is 0 Å². The van der Waals surface area contributed by atoms with E-state index in [1.54, 1.807) is 0 Å². The van der Waals surface area contributed by atoms with Gasteiger partial charge in [0.15, 0.2) is 12.4 Å². The highest BCUT2D eigenvalue weighted by Gasteiger charge is 2.17. The van der Waals surface area contributed by atoms with Crippen LogP contribution in [-0.4, -0.2) is 26.2 Å². The second-order valence-corrected chi connectivity index (χ2v) is 4.95. The Morgan fingerprint density at radius 2 is 2.14 bits per heavy atom. The lowest BCUT2D eigenvalue weighted by Gasteiger charge is -2.07. The van der Waals surface area contributed by atoms with Crippen molar-refractivity contribution in [3.63, 3.8) is 0 Å². The second-order valence-electron chi connectivity index (χ2n) is 4.14. The molecular weight excluding hydrogens is 322 g/mol. The Kier molecular flexibility index (Phi) is 5.08. The molecule has 0 unspecified atom stereocenters. The normalized spacial score (nSPS) is 10.7. The molecule has 0 bridgehead atoms. The second kappa shape index (κ2) is 6.82. The van der Waals surface area contributed by atoms with Crippen molar-refractivity contribution < 1.29 is 13.9 Å². The fourth-order valence-electron chi connectivity index (χ4n) is 1.60. The van der Waals surface area contributed by atoms with Crippen LogP contribution in [0.3, 0.4) is 0 Å². The molecule has 0 aliphatic carbocycles. The highest BCUT2D eigenvalue weighted by molar-refractivity contribution is 6.36. The third-order valence-electron chi connectivity index (χ3n) is 2.60. The maximum Gasteiger partial charge on any atom is 0.340 e. The number of hydrogen-bond donors (Lipinski definition) is 0. The molecule has 112 valence electrons. The maximum atomic E-state index is 13.4. The van der Waals surface area contributed by atoms with Gasteiger partial charge in [-0.25, -0.2) is 13.9 Å². The van der Waals surface area contributed by atoms with E-state index in [1.165, 1.54) is 4.68 Å². The Morgan fingerprint density at radius 3 is 2.86 bits per heavy atom. The maximum absolute atomic E-state index is 13.4. The number of nitrogens with zero attached hydrogens (tertiary/aromatic N) is 4. The molecule has 0 aliphatic rings. The van der Waals surface area contributed by atoms with E-state index in [0.717, 1.165) is 18.6 Å². The van der Waals surface area contributed by atoms with E-state index in [1.807, 2.05) is 6.92 Å². The van der Waals surface area contributed by atoms with Crippen molar-refractivity contribution >= 4 is 29.2 Å². The fourth-order valence-corrected chi connectivity index (χ4v) is 2.06. The predicted octanol–water partition coefficient (Wildman–Crippen LogP) is 2.89. The molecule has 2 aromatic rings. The molecule has 0 radical (unpaired) electrons. The quantitative estimate of drug-likeness (QED) is 0.622. The predicted molar refractivity (Wildman–Crippen MR) is 73.6 cm³/mol. The Bertz CT molecular complexity index is 663. The molecule has 1 heterocycles. The fraction of sp³-hybridized carbons (Fsp3) is 0.333. The number of carbonyl (C=O) groups is 1. The number of rotatable bonds is 5. The molecule has 0 saturated carbocycles. The van der Waals surface area contributed by atoms with E-state index in [4.69, 9.17) is 27.9 Å². The first-order valence-corrected chi connectivity index (χ1v) is 6.85. The summed E-state index contributed by atoms with van der Waals surface area (Å²) >= 11 is 11.4. The summed E-state index contributed by atoms with van der Waals surface area (Å²) in [7, 11) is 0. The molecule has 0 aliphatic heterocycles. The molecule has 1 aromatic carbocycles. The van der Waals surface area contributed by atoms with Gasteiger partial charge < -0.3 is 4.74 Å². The summed E-state index contributed by atoms with van der Waals surface area (Å²) in [5.74, 6) is -1.12. The van der Waals surface area contributed by atoms with Crippen molar-refractivity contribution in [2.75, 3.05) is 0 Å². The number of halogens is 3. The van der Waals surface area contributed by atoms with Gasteiger partial charge in [-0.3, -0.25) is 0 Å². The summed E-state index contributed by atoms with van der Waals surface area (Å²) in [5, 5.41) is 10.9. The highest BCUT2D eigenvalue weighted by Crippen LogP contribution is 2.25. The van der Waals surface area contributed by atoms with Gasteiger partial charge in [0, 0.05) is 6.54 Å². The summed E-state index contributed by atoms with van der Waals surface area (Å²) < 4.78 is 19.9. The number of aryl methyl sites for hydroxylation is 1. The molecular formula is C12H11Cl2FN4O2. The van der Waals surface area contributed by atoms with Gasteiger partial charge in [-0.2, -0.15) is 0 Å². The minimum Gasteiger partial charge on any atom is -0.454 e. The van der Waals surface area contributed by atoms with Crippen molar-refractivity contribution in [2.45, 2.75) is 26.5 Å². The van der Waals surface area contributed by atoms with Crippen molar-refractivity contribution in [1.29, 1.82) is 0 Å². The summed E-state index contributed by atoms with van der Waals surface area (Å²) in [6, 6.07) is 2.08. The SMILES string of the molecule is CCCn1nnnc1COC(=O)c1cc(F)c(Cl)cc1Cl. The standard InChI is InChI=1S/C12H11Cl2FN4O2/c1-2-3-19-11(16-17-18-19)6-21-12(20)7-4-10(15)9(14)5-8(7)13/h4-5H,2-3,6H2,1H3. The van der Waals surface area contributed by atoms with Gasteiger partial charge in [0.25, 0.3) is 0 Å². The van der Waals surface area contributed by atoms with Gasteiger partial charge in [0.05, 0.1) is 15.6 Å². The van der Waals surface area contributed by atoms with Crippen LogP contribution in [0, 0.1) is 5.82 Å². The molecule has 0 N–H and O–H groups in total. The summed E-state index contributed by atoms with van der Waals surface area (Å²) in [6.45, 7) is 2.44. The van der Waals surface area contributed by atoms with Crippen LogP contribution in [-0.2, 0) is 17.9 Å². The molecule has 6 nitrogen and oxygen atoms in total. The molecule has 0 amide bonds. The van der Waals surface area contributed by atoms with Gasteiger partial charge >= 0.3 is 5.97 Å². The van der Waals surface area contributed by atoms with E-state index >= 15 is 0 Å². The Morgan fingerprint density at radius 1 is 1.38 bits per heavy atom. The van der Waals surface area contributed by atoms with Crippen LogP contribution in [0.5, 0.6) is 0 Å². The van der Waals surface area contributed by atoms with Gasteiger partial charge in [0.2, 0.25) is 0 Å². The third kappa shape index (κ3) is 3.68. The summed E-state index contributed by atoms with van der Waals surface area (Å²) in [5.41, 5.74) is -0.104. The molecule has 0 atom stereocenters. The number of tetrazole rings is 1. The largest absolute Gasteiger partial charge is 0.454 e. The van der Waals surface area contributed by atoms with E-state index in [0.29, 0.717) is 12.4 Å². The zero-order chi connectivity index (χ0) is 15.4. The number of ether oxygens (including phenoxy) is 1. The lowest BCUT2D eigenvalue weighted by atomic mass is 10.2. The van der Waals surface area contributed by atoms with Gasteiger partial charge in [-0.15, -0.1) is 5.10 Å². The van der Waals surface area contributed by atoms with E-state index < -0.39 is 11.8 Å². The van der Waals surface area contributed by atoms with Crippen molar-refractivity contribution in [1.82, 2.24) is 20.2 Å². The number of esters is 1. The zero-order valence-electron chi connectivity index (χ0n) is 11.0. The van der Waals surface area contributed by atoms with Crippen LogP contribution in [0.2, 0.25) is 10.0 Å². The van der Waals surface area contributed by atoms with Crippen LogP contribution in [0.15, 0.2) is 12.1 Å². The molecule has 0 fully saturated rings. The molecule has 2 rings (SSSR count). The van der Waals surface area contributed by atoms with Crippen LogP contribution in [0.1, 0.15) is 29.5 Å². The number of benzene rings is 1. The molecule has 0 spiro atoms. The van der Waals surface area contributed by atoms with E-state index in [9.17, 15) is 9.18 Å². The van der Waals surface area contributed by atoms with Crippen molar-refractivity contribution in [3.05, 3.63) is 39.4 Å². The third-order valence-corrected chi connectivity index (χ3v) is 3.21. The average Bonchev–Trinajstić information content (AvgIpc) is 2.88. The summed E-state index contributed by atoms with van der Waals surface area (Å²) in [4.78, 5) is 11.9. The van der Waals surface area contributed by atoms with E-state index in [-0.39, 0.29) is 22.2 Å². The Balaban J connectivity index is 2.08.